The standard InChI is InChI=1S/C15H15ClN2O2S/c1-20-11-3-5-12(6-4-11)21-9-15(19)18-14-8-10(17)2-7-13(14)16/h2-8H,9,17H2,1H3,(H,18,19). The van der Waals surface area contributed by atoms with Crippen LogP contribution in [0.2, 0.25) is 5.02 Å². The summed E-state index contributed by atoms with van der Waals surface area (Å²) in [6.07, 6.45) is 0. The fourth-order valence-corrected chi connectivity index (χ4v) is 2.51. The van der Waals surface area contributed by atoms with Crippen molar-refractivity contribution in [1.29, 1.82) is 0 Å². The summed E-state index contributed by atoms with van der Waals surface area (Å²) in [4.78, 5) is 12.9. The molecule has 2 aromatic carbocycles. The molecule has 0 saturated carbocycles. The number of hydrogen-bond donors (Lipinski definition) is 2. The second-order valence-corrected chi connectivity index (χ2v) is 5.71. The first-order valence-electron chi connectivity index (χ1n) is 6.20. The number of carbonyl (C=O) groups is 1. The minimum absolute atomic E-state index is 0.136. The molecule has 0 heterocycles. The van der Waals surface area contributed by atoms with Gasteiger partial charge in [-0.1, -0.05) is 11.6 Å². The molecule has 0 spiro atoms. The summed E-state index contributed by atoms with van der Waals surface area (Å²) in [5, 5.41) is 3.21. The number of benzene rings is 2. The van der Waals surface area contributed by atoms with Gasteiger partial charge in [-0.15, -0.1) is 11.8 Å². The van der Waals surface area contributed by atoms with Gasteiger partial charge >= 0.3 is 0 Å². The molecular formula is C15H15ClN2O2S. The normalized spacial score (nSPS) is 10.2. The molecule has 0 bridgehead atoms. The number of halogens is 1. The number of nitrogen functional groups attached to an aromatic ring is 1. The van der Waals surface area contributed by atoms with Crippen LogP contribution >= 0.6 is 23.4 Å². The van der Waals surface area contributed by atoms with Gasteiger partial charge in [-0.25, -0.2) is 0 Å². The minimum Gasteiger partial charge on any atom is -0.497 e. The van der Waals surface area contributed by atoms with Gasteiger partial charge in [0, 0.05) is 10.6 Å². The summed E-state index contributed by atoms with van der Waals surface area (Å²) in [6, 6.07) is 12.5. The van der Waals surface area contributed by atoms with Crippen molar-refractivity contribution in [2.24, 2.45) is 0 Å². The molecule has 0 unspecified atom stereocenters. The number of methoxy groups -OCH3 is 1. The zero-order valence-corrected chi connectivity index (χ0v) is 13.0. The second kappa shape index (κ2) is 7.24. The van der Waals surface area contributed by atoms with Crippen molar-refractivity contribution >= 4 is 40.6 Å². The Kier molecular flexibility index (Phi) is 5.36. The lowest BCUT2D eigenvalue weighted by Crippen LogP contribution is -2.14. The van der Waals surface area contributed by atoms with Crippen molar-refractivity contribution in [1.82, 2.24) is 0 Å². The molecule has 3 N–H and O–H groups in total. The number of ether oxygens (including phenoxy) is 1. The van der Waals surface area contributed by atoms with Crippen molar-refractivity contribution in [3.63, 3.8) is 0 Å². The number of amides is 1. The lowest BCUT2D eigenvalue weighted by atomic mass is 10.3. The topological polar surface area (TPSA) is 64.3 Å². The number of hydrogen-bond acceptors (Lipinski definition) is 4. The first-order chi connectivity index (χ1) is 10.1. The largest absolute Gasteiger partial charge is 0.497 e. The van der Waals surface area contributed by atoms with Crippen LogP contribution in [0.25, 0.3) is 0 Å². The monoisotopic (exact) mass is 322 g/mol. The van der Waals surface area contributed by atoms with Crippen LogP contribution in [-0.4, -0.2) is 18.8 Å². The number of rotatable bonds is 5. The van der Waals surface area contributed by atoms with Crippen LogP contribution in [0.3, 0.4) is 0 Å². The van der Waals surface area contributed by atoms with Gasteiger partial charge in [0.05, 0.1) is 23.6 Å². The molecule has 0 aromatic heterocycles. The highest BCUT2D eigenvalue weighted by Gasteiger charge is 2.07. The number of carbonyl (C=O) groups excluding carboxylic acids is 1. The van der Waals surface area contributed by atoms with E-state index in [9.17, 15) is 4.79 Å². The van der Waals surface area contributed by atoms with Crippen molar-refractivity contribution in [2.45, 2.75) is 4.90 Å². The maximum absolute atomic E-state index is 11.9. The molecule has 0 aliphatic heterocycles. The molecule has 0 saturated heterocycles. The molecule has 4 nitrogen and oxygen atoms in total. The van der Waals surface area contributed by atoms with Crippen molar-refractivity contribution in [3.05, 3.63) is 47.5 Å². The first kappa shape index (κ1) is 15.5. The average molecular weight is 323 g/mol. The highest BCUT2D eigenvalue weighted by molar-refractivity contribution is 8.00. The van der Waals surface area contributed by atoms with E-state index in [1.54, 1.807) is 25.3 Å². The molecule has 0 radical (unpaired) electrons. The number of thioether (sulfide) groups is 1. The number of anilines is 2. The van der Waals surface area contributed by atoms with Gasteiger partial charge < -0.3 is 15.8 Å². The van der Waals surface area contributed by atoms with Gasteiger partial charge in [0.15, 0.2) is 0 Å². The highest BCUT2D eigenvalue weighted by atomic mass is 35.5. The Morgan fingerprint density at radius 3 is 2.67 bits per heavy atom. The molecule has 0 atom stereocenters. The molecule has 110 valence electrons. The number of nitrogens with two attached hydrogens (primary N) is 1. The van der Waals surface area contributed by atoms with Gasteiger partial charge in [0.1, 0.15) is 5.75 Å². The fourth-order valence-electron chi connectivity index (χ4n) is 1.65. The summed E-state index contributed by atoms with van der Waals surface area (Å²) < 4.78 is 5.08. The third-order valence-corrected chi connectivity index (χ3v) is 4.04. The zero-order valence-electron chi connectivity index (χ0n) is 11.4. The van der Waals surface area contributed by atoms with Gasteiger partial charge in [0.2, 0.25) is 5.91 Å². The lowest BCUT2D eigenvalue weighted by Gasteiger charge is -2.08. The molecule has 21 heavy (non-hydrogen) atoms. The van der Waals surface area contributed by atoms with E-state index in [0.717, 1.165) is 10.6 Å². The Morgan fingerprint density at radius 2 is 2.00 bits per heavy atom. The third-order valence-electron chi connectivity index (χ3n) is 2.69. The predicted octanol–water partition coefficient (Wildman–Crippen LogP) is 3.66. The predicted molar refractivity (Wildman–Crippen MR) is 88.2 cm³/mol. The van der Waals surface area contributed by atoms with E-state index < -0.39 is 0 Å². The maximum Gasteiger partial charge on any atom is 0.234 e. The molecule has 6 heteroatoms. The van der Waals surface area contributed by atoms with Crippen LogP contribution in [0.5, 0.6) is 5.75 Å². The maximum atomic E-state index is 11.9. The van der Waals surface area contributed by atoms with E-state index >= 15 is 0 Å². The highest BCUT2D eigenvalue weighted by Crippen LogP contribution is 2.25. The summed E-state index contributed by atoms with van der Waals surface area (Å²) in [6.45, 7) is 0. The van der Waals surface area contributed by atoms with Crippen LogP contribution in [0.1, 0.15) is 0 Å². The zero-order chi connectivity index (χ0) is 15.2. The Labute approximate surface area is 132 Å². The SMILES string of the molecule is COc1ccc(SCC(=O)Nc2cc(N)ccc2Cl)cc1. The van der Waals surface area contributed by atoms with Crippen LogP contribution in [0.4, 0.5) is 11.4 Å². The smallest absolute Gasteiger partial charge is 0.234 e. The minimum atomic E-state index is -0.136. The Balaban J connectivity index is 1.91. The second-order valence-electron chi connectivity index (χ2n) is 4.25. The lowest BCUT2D eigenvalue weighted by molar-refractivity contribution is -0.113. The third kappa shape index (κ3) is 4.58. The van der Waals surface area contributed by atoms with Crippen LogP contribution in [0, 0.1) is 0 Å². The van der Waals surface area contributed by atoms with E-state index in [1.165, 1.54) is 11.8 Å². The average Bonchev–Trinajstić information content (AvgIpc) is 2.49. The van der Waals surface area contributed by atoms with Gasteiger partial charge in [0.25, 0.3) is 0 Å². The molecule has 1 amide bonds. The van der Waals surface area contributed by atoms with E-state index in [2.05, 4.69) is 5.32 Å². The number of nitrogens with one attached hydrogen (secondary N) is 1. The van der Waals surface area contributed by atoms with E-state index in [-0.39, 0.29) is 11.7 Å². The van der Waals surface area contributed by atoms with E-state index in [1.807, 2.05) is 24.3 Å². The van der Waals surface area contributed by atoms with Crippen molar-refractivity contribution in [3.8, 4) is 5.75 Å². The summed E-state index contributed by atoms with van der Waals surface area (Å²) in [7, 11) is 1.62. The van der Waals surface area contributed by atoms with Crippen molar-refractivity contribution in [2.75, 3.05) is 23.9 Å². The Hall–Kier alpha value is -1.85. The fraction of sp³-hybridized carbons (Fsp3) is 0.133. The molecule has 2 rings (SSSR count). The van der Waals surface area contributed by atoms with E-state index in [0.29, 0.717) is 16.4 Å². The molecule has 2 aromatic rings. The Morgan fingerprint density at radius 1 is 1.29 bits per heavy atom. The van der Waals surface area contributed by atoms with E-state index in [4.69, 9.17) is 22.1 Å². The molecule has 0 aliphatic carbocycles. The summed E-state index contributed by atoms with van der Waals surface area (Å²) in [5.41, 5.74) is 6.75. The quantitative estimate of drug-likeness (QED) is 0.651. The van der Waals surface area contributed by atoms with Crippen LogP contribution < -0.4 is 15.8 Å². The van der Waals surface area contributed by atoms with Gasteiger partial charge in [-0.05, 0) is 42.5 Å². The van der Waals surface area contributed by atoms with Crippen LogP contribution in [0.15, 0.2) is 47.4 Å². The van der Waals surface area contributed by atoms with Crippen molar-refractivity contribution < 1.29 is 9.53 Å². The van der Waals surface area contributed by atoms with Crippen LogP contribution in [-0.2, 0) is 4.79 Å². The summed E-state index contributed by atoms with van der Waals surface area (Å²) in [5.74, 6) is 0.941. The molecular weight excluding hydrogens is 308 g/mol. The molecule has 0 fully saturated rings. The van der Waals surface area contributed by atoms with Gasteiger partial charge in [-0.3, -0.25) is 4.79 Å². The first-order valence-corrected chi connectivity index (χ1v) is 7.56. The summed E-state index contributed by atoms with van der Waals surface area (Å²) >= 11 is 7.43. The Bertz CT molecular complexity index is 632. The molecule has 0 aliphatic rings. The van der Waals surface area contributed by atoms with Gasteiger partial charge in [-0.2, -0.15) is 0 Å².